The van der Waals surface area contributed by atoms with Gasteiger partial charge in [-0.1, -0.05) is 11.6 Å². The third kappa shape index (κ3) is 3.60. The van der Waals surface area contributed by atoms with Gasteiger partial charge >= 0.3 is 0 Å². The number of nitriles is 1. The smallest absolute Gasteiger partial charge is 0.242 e. The quantitative estimate of drug-likeness (QED) is 0.910. The highest BCUT2D eigenvalue weighted by Crippen LogP contribution is 2.22. The van der Waals surface area contributed by atoms with Gasteiger partial charge in [-0.2, -0.15) is 5.26 Å². The lowest BCUT2D eigenvalue weighted by atomic mass is 10.2. The molecule has 1 aliphatic heterocycles. The van der Waals surface area contributed by atoms with Crippen molar-refractivity contribution in [1.82, 2.24) is 4.90 Å². The molecule has 1 aromatic carbocycles. The summed E-state index contributed by atoms with van der Waals surface area (Å²) in [5, 5.41) is 12.3. The fourth-order valence-electron chi connectivity index (χ4n) is 1.83. The van der Waals surface area contributed by atoms with Gasteiger partial charge in [-0.05, 0) is 18.2 Å². The normalized spacial score (nSPS) is 14.8. The Bertz CT molecular complexity index is 507. The highest BCUT2D eigenvalue weighted by atomic mass is 35.5. The van der Waals surface area contributed by atoms with E-state index in [1.165, 1.54) is 0 Å². The first-order valence-corrected chi connectivity index (χ1v) is 6.37. The number of hydrogen-bond donors (Lipinski definition) is 1. The number of rotatable bonds is 3. The lowest BCUT2D eigenvalue weighted by Gasteiger charge is -2.27. The predicted molar refractivity (Wildman–Crippen MR) is 72.1 cm³/mol. The second kappa shape index (κ2) is 6.41. The van der Waals surface area contributed by atoms with Crippen LogP contribution in [0.15, 0.2) is 18.2 Å². The minimum Gasteiger partial charge on any atom is -0.378 e. The van der Waals surface area contributed by atoms with E-state index in [-0.39, 0.29) is 12.5 Å². The fraction of sp³-hybridized carbons (Fsp3) is 0.385. The minimum atomic E-state index is 0.00160. The number of nitrogens with zero attached hydrogens (tertiary/aromatic N) is 2. The van der Waals surface area contributed by atoms with Crippen LogP contribution in [-0.2, 0) is 9.53 Å². The van der Waals surface area contributed by atoms with Crippen LogP contribution in [0.2, 0.25) is 5.02 Å². The number of nitrogens with one attached hydrogen (secondary N) is 1. The van der Waals surface area contributed by atoms with Gasteiger partial charge in [0.1, 0.15) is 0 Å². The molecule has 0 aliphatic carbocycles. The number of halogens is 1. The van der Waals surface area contributed by atoms with E-state index in [1.54, 1.807) is 23.1 Å². The number of benzene rings is 1. The van der Waals surface area contributed by atoms with E-state index in [0.717, 1.165) is 0 Å². The Morgan fingerprint density at radius 1 is 1.47 bits per heavy atom. The molecular formula is C13H14ClN3O2. The molecule has 0 atom stereocenters. The highest BCUT2D eigenvalue weighted by Gasteiger charge is 2.16. The predicted octanol–water partition coefficient (Wildman–Crippen LogP) is 1.48. The van der Waals surface area contributed by atoms with Gasteiger partial charge in [0.25, 0.3) is 0 Å². The Labute approximate surface area is 116 Å². The molecule has 0 radical (unpaired) electrons. The van der Waals surface area contributed by atoms with Gasteiger partial charge in [-0.3, -0.25) is 4.79 Å². The van der Waals surface area contributed by atoms with Crippen LogP contribution >= 0.6 is 11.6 Å². The monoisotopic (exact) mass is 279 g/mol. The molecule has 0 saturated carbocycles. The van der Waals surface area contributed by atoms with Gasteiger partial charge in [-0.25, -0.2) is 0 Å². The molecule has 19 heavy (non-hydrogen) atoms. The molecule has 6 heteroatoms. The summed E-state index contributed by atoms with van der Waals surface area (Å²) in [5.74, 6) is 0.00160. The molecule has 5 nitrogen and oxygen atoms in total. The van der Waals surface area contributed by atoms with E-state index in [1.807, 2.05) is 6.07 Å². The molecule has 100 valence electrons. The maximum Gasteiger partial charge on any atom is 0.242 e. The van der Waals surface area contributed by atoms with Gasteiger partial charge in [0, 0.05) is 13.1 Å². The zero-order valence-corrected chi connectivity index (χ0v) is 11.1. The van der Waals surface area contributed by atoms with Gasteiger partial charge < -0.3 is 15.0 Å². The average Bonchev–Trinajstić information content (AvgIpc) is 2.47. The summed E-state index contributed by atoms with van der Waals surface area (Å²) >= 11 is 6.01. The standard InChI is InChI=1S/C13H14ClN3O2/c14-11-2-1-10(8-15)7-12(11)16-9-13(18)17-3-5-19-6-4-17/h1-2,7,16H,3-6,9H2. The first-order chi connectivity index (χ1) is 9.20. The maximum absolute atomic E-state index is 11.9. The summed E-state index contributed by atoms with van der Waals surface area (Å²) < 4.78 is 5.19. The topological polar surface area (TPSA) is 65.4 Å². The summed E-state index contributed by atoms with van der Waals surface area (Å²) in [5.41, 5.74) is 1.10. The third-order valence-corrected chi connectivity index (χ3v) is 3.22. The zero-order chi connectivity index (χ0) is 13.7. The first kappa shape index (κ1) is 13.7. The van der Waals surface area contributed by atoms with E-state index in [4.69, 9.17) is 21.6 Å². The van der Waals surface area contributed by atoms with Crippen molar-refractivity contribution in [2.45, 2.75) is 0 Å². The summed E-state index contributed by atoms with van der Waals surface area (Å²) in [6.45, 7) is 2.56. The summed E-state index contributed by atoms with van der Waals surface area (Å²) in [7, 11) is 0. The molecule has 1 heterocycles. The molecule has 0 aromatic heterocycles. The van der Waals surface area contributed by atoms with Crippen LogP contribution in [0.4, 0.5) is 5.69 Å². The van der Waals surface area contributed by atoms with Crippen molar-refractivity contribution in [2.75, 3.05) is 38.2 Å². The van der Waals surface area contributed by atoms with Crippen LogP contribution in [0.25, 0.3) is 0 Å². The van der Waals surface area contributed by atoms with E-state index in [2.05, 4.69) is 5.32 Å². The van der Waals surface area contributed by atoms with Crippen molar-refractivity contribution in [3.63, 3.8) is 0 Å². The van der Waals surface area contributed by atoms with Crippen LogP contribution in [0, 0.1) is 11.3 Å². The molecule has 1 aromatic rings. The van der Waals surface area contributed by atoms with Crippen molar-refractivity contribution in [3.05, 3.63) is 28.8 Å². The Kier molecular flexibility index (Phi) is 4.61. The fourth-order valence-corrected chi connectivity index (χ4v) is 2.01. The zero-order valence-electron chi connectivity index (χ0n) is 10.4. The lowest BCUT2D eigenvalue weighted by molar-refractivity contribution is -0.133. The SMILES string of the molecule is N#Cc1ccc(Cl)c(NCC(=O)N2CCOCC2)c1. The van der Waals surface area contributed by atoms with Gasteiger partial charge in [0.2, 0.25) is 5.91 Å². The molecule has 1 fully saturated rings. The molecule has 0 spiro atoms. The number of anilines is 1. The van der Waals surface area contributed by atoms with E-state index < -0.39 is 0 Å². The van der Waals surface area contributed by atoms with E-state index in [9.17, 15) is 4.79 Å². The Morgan fingerprint density at radius 2 is 2.21 bits per heavy atom. The molecule has 1 amide bonds. The van der Waals surface area contributed by atoms with Crippen molar-refractivity contribution in [3.8, 4) is 6.07 Å². The lowest BCUT2D eigenvalue weighted by Crippen LogP contribution is -2.43. The molecule has 1 N–H and O–H groups in total. The van der Waals surface area contributed by atoms with Crippen LogP contribution < -0.4 is 5.32 Å². The maximum atomic E-state index is 11.9. The molecular weight excluding hydrogens is 266 g/mol. The molecule has 2 rings (SSSR count). The second-order valence-electron chi connectivity index (χ2n) is 4.15. The highest BCUT2D eigenvalue weighted by molar-refractivity contribution is 6.33. The second-order valence-corrected chi connectivity index (χ2v) is 4.56. The Hall–Kier alpha value is -1.77. The van der Waals surface area contributed by atoms with Crippen LogP contribution in [0.5, 0.6) is 0 Å². The van der Waals surface area contributed by atoms with Gasteiger partial charge in [0.05, 0.1) is 42.1 Å². The molecule has 0 bridgehead atoms. The molecule has 1 aliphatic rings. The van der Waals surface area contributed by atoms with Crippen LogP contribution in [0.3, 0.4) is 0 Å². The van der Waals surface area contributed by atoms with Gasteiger partial charge in [-0.15, -0.1) is 0 Å². The van der Waals surface area contributed by atoms with Crippen LogP contribution in [-0.4, -0.2) is 43.7 Å². The summed E-state index contributed by atoms with van der Waals surface area (Å²) in [4.78, 5) is 13.7. The average molecular weight is 280 g/mol. The number of carbonyl (C=O) groups is 1. The summed E-state index contributed by atoms with van der Waals surface area (Å²) in [6, 6.07) is 6.95. The summed E-state index contributed by atoms with van der Waals surface area (Å²) in [6.07, 6.45) is 0. The Morgan fingerprint density at radius 3 is 2.89 bits per heavy atom. The minimum absolute atomic E-state index is 0.00160. The van der Waals surface area contributed by atoms with Crippen molar-refractivity contribution < 1.29 is 9.53 Å². The number of carbonyl (C=O) groups excluding carboxylic acids is 1. The number of morpholine rings is 1. The number of ether oxygens (including phenoxy) is 1. The van der Waals surface area contributed by atoms with E-state index in [0.29, 0.717) is 42.6 Å². The first-order valence-electron chi connectivity index (χ1n) is 6.00. The largest absolute Gasteiger partial charge is 0.378 e. The van der Waals surface area contributed by atoms with Gasteiger partial charge in [0.15, 0.2) is 0 Å². The van der Waals surface area contributed by atoms with E-state index >= 15 is 0 Å². The third-order valence-electron chi connectivity index (χ3n) is 2.89. The van der Waals surface area contributed by atoms with Crippen molar-refractivity contribution in [2.24, 2.45) is 0 Å². The Balaban J connectivity index is 1.94. The van der Waals surface area contributed by atoms with Crippen molar-refractivity contribution in [1.29, 1.82) is 5.26 Å². The molecule has 0 unspecified atom stereocenters. The number of amides is 1. The number of hydrogen-bond acceptors (Lipinski definition) is 4. The van der Waals surface area contributed by atoms with Crippen LogP contribution in [0.1, 0.15) is 5.56 Å². The molecule has 1 saturated heterocycles. The van der Waals surface area contributed by atoms with Crippen molar-refractivity contribution >= 4 is 23.2 Å².